The first-order valence-electron chi connectivity index (χ1n) is 12.2. The summed E-state index contributed by atoms with van der Waals surface area (Å²) >= 11 is 0. The molecule has 0 aliphatic carbocycles. The molecule has 2 atom stereocenters. The zero-order valence-electron chi connectivity index (χ0n) is 20.1. The van der Waals surface area contributed by atoms with Gasteiger partial charge in [-0.15, -0.1) is 0 Å². The molecule has 0 spiro atoms. The Labute approximate surface area is 207 Å². The molecular formula is C26H28N4O6. The molecule has 2 aromatic carbocycles. The smallest absolute Gasteiger partial charge is 0.414 e. The van der Waals surface area contributed by atoms with Crippen molar-refractivity contribution in [1.29, 1.82) is 0 Å². The van der Waals surface area contributed by atoms with Crippen LogP contribution in [0.5, 0.6) is 17.2 Å². The van der Waals surface area contributed by atoms with E-state index in [1.165, 1.54) is 6.20 Å². The summed E-state index contributed by atoms with van der Waals surface area (Å²) in [5.41, 5.74) is 2.10. The van der Waals surface area contributed by atoms with Gasteiger partial charge in [-0.05, 0) is 37.2 Å². The maximum atomic E-state index is 12.9. The molecule has 2 fully saturated rings. The van der Waals surface area contributed by atoms with Crippen molar-refractivity contribution in [2.24, 2.45) is 5.92 Å². The number of nitrogens with zero attached hydrogens (tertiary/aromatic N) is 4. The van der Waals surface area contributed by atoms with Crippen LogP contribution in [0, 0.1) is 5.92 Å². The van der Waals surface area contributed by atoms with Crippen LogP contribution in [0.2, 0.25) is 0 Å². The number of methoxy groups -OCH3 is 1. The Bertz CT molecular complexity index is 1360. The fourth-order valence-electron chi connectivity index (χ4n) is 5.23. The van der Waals surface area contributed by atoms with Gasteiger partial charge < -0.3 is 23.5 Å². The van der Waals surface area contributed by atoms with E-state index in [0.717, 1.165) is 29.7 Å². The lowest BCUT2D eigenvalue weighted by atomic mass is 9.91. The van der Waals surface area contributed by atoms with E-state index in [1.807, 2.05) is 36.4 Å². The molecule has 1 aromatic heterocycles. The number of aromatic nitrogens is 2. The number of rotatable bonds is 5. The first-order chi connectivity index (χ1) is 17.6. The fourth-order valence-corrected chi connectivity index (χ4v) is 5.23. The SMILES string of the molecule is COc1ccc2ncc(=O)n(CCN3CC[C@@H]4CN(c5ccc6c(c5)OCCO6)C(=O)O[C@H]4C3)c2c1. The highest BCUT2D eigenvalue weighted by Gasteiger charge is 2.40. The summed E-state index contributed by atoms with van der Waals surface area (Å²) in [4.78, 5) is 33.7. The number of carbonyl (C=O) groups is 1. The number of benzene rings is 2. The highest BCUT2D eigenvalue weighted by molar-refractivity contribution is 5.89. The topological polar surface area (TPSA) is 95.4 Å². The normalized spacial score (nSPS) is 21.7. The lowest BCUT2D eigenvalue weighted by molar-refractivity contribution is -0.00758. The van der Waals surface area contributed by atoms with Crippen LogP contribution in [-0.4, -0.2) is 73.2 Å². The molecule has 3 aliphatic rings. The minimum atomic E-state index is -0.349. The van der Waals surface area contributed by atoms with Crippen LogP contribution in [0.1, 0.15) is 6.42 Å². The molecule has 10 nitrogen and oxygen atoms in total. The number of hydrogen-bond donors (Lipinski definition) is 0. The number of hydrogen-bond acceptors (Lipinski definition) is 8. The third-order valence-electron chi connectivity index (χ3n) is 7.20. The van der Waals surface area contributed by atoms with Crippen molar-refractivity contribution < 1.29 is 23.7 Å². The maximum absolute atomic E-state index is 12.9. The monoisotopic (exact) mass is 492 g/mol. The molecule has 4 heterocycles. The van der Waals surface area contributed by atoms with Crippen LogP contribution >= 0.6 is 0 Å². The standard InChI is InChI=1S/C26H28N4O6/c1-33-19-3-4-20-21(13-19)29(25(31)14-27-20)9-8-28-7-6-17-15-30(26(32)36-24(17)16-28)18-2-5-22-23(12-18)35-11-10-34-22/h2-5,12-14,17,24H,6-11,15-16H2,1H3/t17-,24+/m1/s1. The Morgan fingerprint density at radius 2 is 1.89 bits per heavy atom. The van der Waals surface area contributed by atoms with Crippen LogP contribution in [-0.2, 0) is 11.3 Å². The molecule has 6 rings (SSSR count). The summed E-state index contributed by atoms with van der Waals surface area (Å²) in [6.07, 6.45) is 1.74. The Hall–Kier alpha value is -3.79. The summed E-state index contributed by atoms with van der Waals surface area (Å²) in [7, 11) is 1.60. The van der Waals surface area contributed by atoms with Gasteiger partial charge in [0.25, 0.3) is 5.56 Å². The molecule has 0 saturated carbocycles. The average molecular weight is 493 g/mol. The molecule has 3 aliphatic heterocycles. The summed E-state index contributed by atoms with van der Waals surface area (Å²) in [6, 6.07) is 11.1. The van der Waals surface area contributed by atoms with Crippen molar-refractivity contribution in [2.45, 2.75) is 19.1 Å². The highest BCUT2D eigenvalue weighted by atomic mass is 16.6. The van der Waals surface area contributed by atoms with E-state index in [4.69, 9.17) is 18.9 Å². The molecule has 0 unspecified atom stereocenters. The average Bonchev–Trinajstić information content (AvgIpc) is 2.91. The van der Waals surface area contributed by atoms with Crippen molar-refractivity contribution in [2.75, 3.05) is 51.4 Å². The molecule has 2 saturated heterocycles. The molecule has 10 heteroatoms. The number of piperidine rings is 1. The maximum Gasteiger partial charge on any atom is 0.414 e. The number of anilines is 1. The number of fused-ring (bicyclic) bond motifs is 3. The Morgan fingerprint density at radius 1 is 1.03 bits per heavy atom. The van der Waals surface area contributed by atoms with Crippen molar-refractivity contribution in [3.05, 3.63) is 52.9 Å². The second-order valence-corrected chi connectivity index (χ2v) is 9.31. The number of ether oxygens (including phenoxy) is 4. The zero-order valence-corrected chi connectivity index (χ0v) is 20.1. The predicted molar refractivity (Wildman–Crippen MR) is 132 cm³/mol. The number of likely N-dealkylation sites (tertiary alicyclic amines) is 1. The summed E-state index contributed by atoms with van der Waals surface area (Å²) in [5, 5.41) is 0. The van der Waals surface area contributed by atoms with Gasteiger partial charge in [-0.1, -0.05) is 0 Å². The van der Waals surface area contributed by atoms with Gasteiger partial charge in [0.2, 0.25) is 0 Å². The van der Waals surface area contributed by atoms with E-state index in [1.54, 1.807) is 16.6 Å². The van der Waals surface area contributed by atoms with Crippen molar-refractivity contribution in [1.82, 2.24) is 14.5 Å². The van der Waals surface area contributed by atoms with E-state index in [0.29, 0.717) is 56.6 Å². The van der Waals surface area contributed by atoms with Gasteiger partial charge in [-0.3, -0.25) is 14.6 Å². The lowest BCUT2D eigenvalue weighted by Crippen LogP contribution is -2.56. The van der Waals surface area contributed by atoms with Gasteiger partial charge in [-0.25, -0.2) is 9.78 Å². The van der Waals surface area contributed by atoms with Crippen molar-refractivity contribution in [3.63, 3.8) is 0 Å². The fraction of sp³-hybridized carbons (Fsp3) is 0.423. The summed E-state index contributed by atoms with van der Waals surface area (Å²) < 4.78 is 24.2. The van der Waals surface area contributed by atoms with Gasteiger partial charge in [0.15, 0.2) is 11.5 Å². The van der Waals surface area contributed by atoms with Gasteiger partial charge in [0.1, 0.15) is 25.1 Å². The Balaban J connectivity index is 1.12. The van der Waals surface area contributed by atoms with E-state index in [-0.39, 0.29) is 23.7 Å². The molecule has 188 valence electrons. The third kappa shape index (κ3) is 4.21. The minimum Gasteiger partial charge on any atom is -0.497 e. The largest absolute Gasteiger partial charge is 0.497 e. The second-order valence-electron chi connectivity index (χ2n) is 9.31. The van der Waals surface area contributed by atoms with Crippen molar-refractivity contribution in [3.8, 4) is 17.2 Å². The Morgan fingerprint density at radius 3 is 2.75 bits per heavy atom. The predicted octanol–water partition coefficient (Wildman–Crippen LogP) is 2.52. The van der Waals surface area contributed by atoms with Crippen LogP contribution in [0.15, 0.2) is 47.4 Å². The first kappa shape index (κ1) is 22.7. The van der Waals surface area contributed by atoms with Gasteiger partial charge in [0, 0.05) is 44.2 Å². The van der Waals surface area contributed by atoms with Crippen LogP contribution in [0.25, 0.3) is 11.0 Å². The van der Waals surface area contributed by atoms with E-state index >= 15 is 0 Å². The first-order valence-corrected chi connectivity index (χ1v) is 12.2. The van der Waals surface area contributed by atoms with Crippen LogP contribution in [0.4, 0.5) is 10.5 Å². The van der Waals surface area contributed by atoms with Gasteiger partial charge in [0.05, 0.1) is 30.0 Å². The molecular weight excluding hydrogens is 464 g/mol. The highest BCUT2D eigenvalue weighted by Crippen LogP contribution is 2.36. The second kappa shape index (κ2) is 9.34. The third-order valence-corrected chi connectivity index (χ3v) is 7.20. The molecule has 0 radical (unpaired) electrons. The van der Waals surface area contributed by atoms with E-state index < -0.39 is 0 Å². The minimum absolute atomic E-state index is 0.148. The van der Waals surface area contributed by atoms with E-state index in [2.05, 4.69) is 9.88 Å². The van der Waals surface area contributed by atoms with Crippen LogP contribution < -0.4 is 24.7 Å². The Kier molecular flexibility index (Phi) is 5.88. The molecule has 0 bridgehead atoms. The number of amides is 1. The summed E-state index contributed by atoms with van der Waals surface area (Å²) in [5.74, 6) is 2.27. The summed E-state index contributed by atoms with van der Waals surface area (Å²) in [6.45, 7) is 4.32. The molecule has 0 N–H and O–H groups in total. The van der Waals surface area contributed by atoms with Crippen molar-refractivity contribution >= 4 is 22.8 Å². The lowest BCUT2D eigenvalue weighted by Gasteiger charge is -2.44. The molecule has 36 heavy (non-hydrogen) atoms. The zero-order chi connectivity index (χ0) is 24.6. The van der Waals surface area contributed by atoms with E-state index in [9.17, 15) is 9.59 Å². The van der Waals surface area contributed by atoms with Gasteiger partial charge in [-0.2, -0.15) is 0 Å². The van der Waals surface area contributed by atoms with Gasteiger partial charge >= 0.3 is 6.09 Å². The molecule has 3 aromatic rings. The van der Waals surface area contributed by atoms with Crippen LogP contribution in [0.3, 0.4) is 0 Å². The quantitative estimate of drug-likeness (QED) is 0.536. The molecule has 1 amide bonds. The number of carbonyl (C=O) groups excluding carboxylic acids is 1.